The van der Waals surface area contributed by atoms with E-state index in [9.17, 15) is 19.5 Å². The van der Waals surface area contributed by atoms with E-state index in [1.165, 1.54) is 4.90 Å². The van der Waals surface area contributed by atoms with Crippen LogP contribution in [0.15, 0.2) is 24.3 Å². The largest absolute Gasteiger partial charge is 0.466 e. The SMILES string of the molecule is CCOC(=O)[C@@H]1[C@H]2C(=O)N(CCO)C(C(=O)NCn3nnc4ccccc43)C23S[C@@H]1CC3C. The molecular formula is C22H27N5O5S. The first-order valence-electron chi connectivity index (χ1n) is 11.3. The number of carbonyl (C=O) groups excluding carboxylic acids is 3. The first kappa shape index (κ1) is 22.1. The zero-order chi connectivity index (χ0) is 23.3. The Morgan fingerprint density at radius 3 is 2.91 bits per heavy atom. The molecule has 5 rings (SSSR count). The van der Waals surface area contributed by atoms with Gasteiger partial charge in [0.05, 0.1) is 35.3 Å². The molecule has 3 fully saturated rings. The highest BCUT2D eigenvalue weighted by atomic mass is 32.2. The molecule has 3 aliphatic rings. The predicted octanol–water partition coefficient (Wildman–Crippen LogP) is 0.398. The lowest BCUT2D eigenvalue weighted by molar-refractivity contribution is -0.154. The average molecular weight is 474 g/mol. The molecule has 33 heavy (non-hydrogen) atoms. The van der Waals surface area contributed by atoms with Crippen molar-refractivity contribution >= 4 is 40.6 Å². The molecule has 2 bridgehead atoms. The van der Waals surface area contributed by atoms with Crippen molar-refractivity contribution in [2.45, 2.75) is 43.0 Å². The molecule has 1 spiro atoms. The van der Waals surface area contributed by atoms with E-state index in [-0.39, 0.29) is 55.4 Å². The summed E-state index contributed by atoms with van der Waals surface area (Å²) in [4.78, 5) is 41.4. The fourth-order valence-corrected chi connectivity index (χ4v) is 8.37. The van der Waals surface area contributed by atoms with Gasteiger partial charge in [-0.25, -0.2) is 4.68 Å². The first-order chi connectivity index (χ1) is 15.9. The van der Waals surface area contributed by atoms with Gasteiger partial charge in [0.1, 0.15) is 18.2 Å². The van der Waals surface area contributed by atoms with Crippen molar-refractivity contribution in [3.05, 3.63) is 24.3 Å². The van der Waals surface area contributed by atoms with E-state index >= 15 is 0 Å². The molecule has 176 valence electrons. The van der Waals surface area contributed by atoms with Crippen LogP contribution < -0.4 is 5.32 Å². The smallest absolute Gasteiger partial charge is 0.310 e. The van der Waals surface area contributed by atoms with Crippen LogP contribution in [0.25, 0.3) is 11.0 Å². The van der Waals surface area contributed by atoms with Crippen LogP contribution in [0.2, 0.25) is 0 Å². The average Bonchev–Trinajstić information content (AvgIpc) is 3.51. The molecule has 3 unspecified atom stereocenters. The van der Waals surface area contributed by atoms with E-state index in [2.05, 4.69) is 15.6 Å². The number of nitrogens with one attached hydrogen (secondary N) is 1. The number of aromatic nitrogens is 3. The second kappa shape index (κ2) is 8.28. The van der Waals surface area contributed by atoms with E-state index in [4.69, 9.17) is 4.74 Å². The molecular weight excluding hydrogens is 446 g/mol. The summed E-state index contributed by atoms with van der Waals surface area (Å²) in [5, 5.41) is 20.7. The van der Waals surface area contributed by atoms with Gasteiger partial charge in [-0.3, -0.25) is 14.4 Å². The van der Waals surface area contributed by atoms with Crippen LogP contribution in [-0.2, 0) is 25.8 Å². The molecule has 10 nitrogen and oxygen atoms in total. The Hall–Kier alpha value is -2.66. The number of amides is 2. The Bertz CT molecular complexity index is 1110. The van der Waals surface area contributed by atoms with Crippen molar-refractivity contribution in [1.29, 1.82) is 0 Å². The molecule has 0 aliphatic carbocycles. The molecule has 2 amide bonds. The zero-order valence-corrected chi connectivity index (χ0v) is 19.3. The molecule has 3 saturated heterocycles. The van der Waals surface area contributed by atoms with E-state index in [0.29, 0.717) is 0 Å². The topological polar surface area (TPSA) is 127 Å². The summed E-state index contributed by atoms with van der Waals surface area (Å²) >= 11 is 1.58. The van der Waals surface area contributed by atoms with Crippen LogP contribution in [0.4, 0.5) is 0 Å². The number of nitrogens with zero attached hydrogens (tertiary/aromatic N) is 4. The molecule has 1 aromatic carbocycles. The summed E-state index contributed by atoms with van der Waals surface area (Å²) in [7, 11) is 0. The third-order valence-electron chi connectivity index (χ3n) is 7.22. The fraction of sp³-hybridized carbons (Fsp3) is 0.591. The van der Waals surface area contributed by atoms with E-state index < -0.39 is 22.6 Å². The van der Waals surface area contributed by atoms with Crippen LogP contribution >= 0.6 is 11.8 Å². The highest BCUT2D eigenvalue weighted by Gasteiger charge is 2.76. The second-order valence-electron chi connectivity index (χ2n) is 8.84. The Morgan fingerprint density at radius 2 is 2.15 bits per heavy atom. The maximum absolute atomic E-state index is 13.6. The lowest BCUT2D eigenvalue weighted by atomic mass is 9.66. The van der Waals surface area contributed by atoms with Crippen LogP contribution in [0.5, 0.6) is 0 Å². The maximum atomic E-state index is 13.6. The van der Waals surface area contributed by atoms with Gasteiger partial charge in [0.25, 0.3) is 0 Å². The standard InChI is InChI=1S/C22H27N5O5S/c1-3-32-21(31)16-15-10-12(2)22(33-15)17(16)20(30)26(8-9-28)18(22)19(29)23-11-27-14-7-5-4-6-13(14)24-25-27/h4-7,12,15-18,28H,3,8-11H2,1-2H3,(H,23,29)/t12?,15-,16+,17+,18?,22?/m1/s1. The number of hydrogen-bond donors (Lipinski definition) is 2. The number of ether oxygens (including phenoxy) is 1. The molecule has 3 aliphatic heterocycles. The van der Waals surface area contributed by atoms with Crippen LogP contribution in [0, 0.1) is 17.8 Å². The molecule has 4 heterocycles. The number of rotatable bonds is 7. The molecule has 0 saturated carbocycles. The van der Waals surface area contributed by atoms with Gasteiger partial charge in [-0.2, -0.15) is 0 Å². The van der Waals surface area contributed by atoms with E-state index in [0.717, 1.165) is 17.5 Å². The highest BCUT2D eigenvalue weighted by molar-refractivity contribution is 8.02. The Kier molecular flexibility index (Phi) is 5.56. The minimum absolute atomic E-state index is 0.0366. The Morgan fingerprint density at radius 1 is 1.36 bits per heavy atom. The molecule has 2 N–H and O–H groups in total. The fourth-order valence-electron chi connectivity index (χ4n) is 5.96. The Balaban J connectivity index is 1.45. The number of fused-ring (bicyclic) bond motifs is 2. The van der Waals surface area contributed by atoms with Crippen molar-refractivity contribution in [1.82, 2.24) is 25.2 Å². The number of benzene rings is 1. The number of aliphatic hydroxyl groups excluding tert-OH is 1. The van der Waals surface area contributed by atoms with Gasteiger partial charge >= 0.3 is 5.97 Å². The van der Waals surface area contributed by atoms with Crippen molar-refractivity contribution in [2.75, 3.05) is 19.8 Å². The summed E-state index contributed by atoms with van der Waals surface area (Å²) in [5.41, 5.74) is 1.51. The zero-order valence-electron chi connectivity index (χ0n) is 18.5. The third kappa shape index (κ3) is 3.16. The van der Waals surface area contributed by atoms with Crippen LogP contribution in [-0.4, -0.2) is 78.6 Å². The number of β-amino-alcohol motifs (C(OH)–C–C–N with tert-alkyl or cyclic N) is 1. The number of para-hydroxylation sites is 1. The quantitative estimate of drug-likeness (QED) is 0.554. The molecule has 2 aromatic rings. The normalized spacial score (nSPS) is 32.4. The van der Waals surface area contributed by atoms with Crippen molar-refractivity contribution < 1.29 is 24.2 Å². The van der Waals surface area contributed by atoms with Gasteiger partial charge in [-0.05, 0) is 31.4 Å². The van der Waals surface area contributed by atoms with Crippen molar-refractivity contribution in [3.63, 3.8) is 0 Å². The number of thioether (sulfide) groups is 1. The Labute approximate surface area is 195 Å². The van der Waals surface area contributed by atoms with Crippen LogP contribution in [0.1, 0.15) is 20.3 Å². The number of aliphatic hydroxyl groups is 1. The molecule has 11 heteroatoms. The minimum Gasteiger partial charge on any atom is -0.466 e. The summed E-state index contributed by atoms with van der Waals surface area (Å²) in [6, 6.07) is 6.66. The number of esters is 1. The summed E-state index contributed by atoms with van der Waals surface area (Å²) in [6.45, 7) is 3.90. The van der Waals surface area contributed by atoms with Crippen molar-refractivity contribution in [2.24, 2.45) is 17.8 Å². The molecule has 1 aromatic heterocycles. The number of likely N-dealkylation sites (tertiary alicyclic amines) is 1. The number of carbonyl (C=O) groups is 3. The molecule has 6 atom stereocenters. The maximum Gasteiger partial charge on any atom is 0.310 e. The van der Waals surface area contributed by atoms with Gasteiger partial charge in [0, 0.05) is 11.8 Å². The highest BCUT2D eigenvalue weighted by Crippen LogP contribution is 2.68. The van der Waals surface area contributed by atoms with Crippen molar-refractivity contribution in [3.8, 4) is 0 Å². The van der Waals surface area contributed by atoms with Crippen LogP contribution in [0.3, 0.4) is 0 Å². The van der Waals surface area contributed by atoms with Gasteiger partial charge in [-0.1, -0.05) is 24.3 Å². The summed E-state index contributed by atoms with van der Waals surface area (Å²) in [5.74, 6) is -2.10. The predicted molar refractivity (Wildman–Crippen MR) is 120 cm³/mol. The molecule has 0 radical (unpaired) electrons. The summed E-state index contributed by atoms with van der Waals surface area (Å²) < 4.78 is 6.17. The third-order valence-corrected chi connectivity index (χ3v) is 9.29. The van der Waals surface area contributed by atoms with Gasteiger partial charge < -0.3 is 20.1 Å². The van der Waals surface area contributed by atoms with E-state index in [1.807, 2.05) is 31.2 Å². The minimum atomic E-state index is -0.790. The van der Waals surface area contributed by atoms with Gasteiger partial charge in [0.2, 0.25) is 11.8 Å². The lowest BCUT2D eigenvalue weighted by Crippen LogP contribution is -2.56. The lowest BCUT2D eigenvalue weighted by Gasteiger charge is -2.38. The number of hydrogen-bond acceptors (Lipinski definition) is 8. The van der Waals surface area contributed by atoms with Gasteiger partial charge in [0.15, 0.2) is 0 Å². The first-order valence-corrected chi connectivity index (χ1v) is 12.1. The summed E-state index contributed by atoms with van der Waals surface area (Å²) in [6.07, 6.45) is 0.738. The van der Waals surface area contributed by atoms with Gasteiger partial charge in [-0.15, -0.1) is 16.9 Å². The monoisotopic (exact) mass is 473 g/mol. The second-order valence-corrected chi connectivity index (χ2v) is 10.4. The van der Waals surface area contributed by atoms with E-state index in [1.54, 1.807) is 23.4 Å².